The lowest BCUT2D eigenvalue weighted by Gasteiger charge is -2.03. The van der Waals surface area contributed by atoms with Crippen molar-refractivity contribution in [1.29, 1.82) is 0 Å². The highest BCUT2D eigenvalue weighted by atomic mass is 32.1. The summed E-state index contributed by atoms with van der Waals surface area (Å²) < 4.78 is 0. The Morgan fingerprint density at radius 3 is 2.88 bits per heavy atom. The quantitative estimate of drug-likeness (QED) is 0.896. The van der Waals surface area contributed by atoms with Gasteiger partial charge in [-0.1, -0.05) is 17.7 Å². The summed E-state index contributed by atoms with van der Waals surface area (Å²) in [6.07, 6.45) is 3.05. The molecule has 2 rings (SSSR count). The van der Waals surface area contributed by atoms with Gasteiger partial charge in [-0.3, -0.25) is 0 Å². The van der Waals surface area contributed by atoms with Gasteiger partial charge in [0.15, 0.2) is 0 Å². The van der Waals surface area contributed by atoms with Gasteiger partial charge in [-0.2, -0.15) is 0 Å². The molecule has 0 aliphatic rings. The van der Waals surface area contributed by atoms with Crippen molar-refractivity contribution in [3.8, 4) is 10.6 Å². The molecule has 0 atom stereocenters. The van der Waals surface area contributed by atoms with Crippen molar-refractivity contribution in [3.63, 3.8) is 0 Å². The van der Waals surface area contributed by atoms with Crippen LogP contribution in [0.5, 0.6) is 0 Å². The second-order valence-electron chi connectivity index (χ2n) is 4.30. The summed E-state index contributed by atoms with van der Waals surface area (Å²) in [4.78, 5) is 5.87. The largest absolute Gasteiger partial charge is 0.319 e. The fourth-order valence-electron chi connectivity index (χ4n) is 1.76. The van der Waals surface area contributed by atoms with Crippen LogP contribution in [0.15, 0.2) is 24.4 Å². The second-order valence-corrected chi connectivity index (χ2v) is 5.42. The SMILES string of the molecule is CNCCc1cnc(-c2cc(C)ccc2C)s1. The van der Waals surface area contributed by atoms with Gasteiger partial charge in [-0.05, 0) is 45.5 Å². The zero-order valence-corrected chi connectivity index (χ0v) is 11.4. The van der Waals surface area contributed by atoms with Gasteiger partial charge in [-0.15, -0.1) is 11.3 Å². The molecule has 2 nitrogen and oxygen atoms in total. The molecule has 0 aliphatic carbocycles. The van der Waals surface area contributed by atoms with Crippen molar-refractivity contribution >= 4 is 11.3 Å². The lowest BCUT2D eigenvalue weighted by atomic mass is 10.1. The summed E-state index contributed by atoms with van der Waals surface area (Å²) in [6.45, 7) is 5.27. The van der Waals surface area contributed by atoms with Gasteiger partial charge in [0.05, 0.1) is 0 Å². The third-order valence-electron chi connectivity index (χ3n) is 2.80. The fourth-order valence-corrected chi connectivity index (χ4v) is 2.76. The van der Waals surface area contributed by atoms with Crippen molar-refractivity contribution in [2.75, 3.05) is 13.6 Å². The average molecular weight is 246 g/mol. The molecule has 0 spiro atoms. The molecule has 0 saturated heterocycles. The molecule has 1 aromatic carbocycles. The van der Waals surface area contributed by atoms with Crippen molar-refractivity contribution in [2.45, 2.75) is 20.3 Å². The molecular formula is C14H18N2S. The van der Waals surface area contributed by atoms with Crippen molar-refractivity contribution in [2.24, 2.45) is 0 Å². The molecule has 0 aliphatic heterocycles. The summed E-state index contributed by atoms with van der Waals surface area (Å²) in [5.74, 6) is 0. The van der Waals surface area contributed by atoms with E-state index in [0.29, 0.717) is 0 Å². The Hall–Kier alpha value is -1.19. The van der Waals surface area contributed by atoms with Crippen LogP contribution in [-0.2, 0) is 6.42 Å². The number of thiazole rings is 1. The molecule has 0 amide bonds. The number of aryl methyl sites for hydroxylation is 2. The Labute approximate surface area is 107 Å². The minimum Gasteiger partial charge on any atom is -0.319 e. The van der Waals surface area contributed by atoms with E-state index in [1.807, 2.05) is 13.2 Å². The first-order valence-corrected chi connectivity index (χ1v) is 6.69. The number of likely N-dealkylation sites (N-methyl/N-ethyl adjacent to an activating group) is 1. The first kappa shape index (κ1) is 12.3. The zero-order valence-electron chi connectivity index (χ0n) is 10.6. The minimum atomic E-state index is 1.01. The van der Waals surface area contributed by atoms with E-state index in [9.17, 15) is 0 Å². The average Bonchev–Trinajstić information content (AvgIpc) is 2.78. The fraction of sp³-hybridized carbons (Fsp3) is 0.357. The van der Waals surface area contributed by atoms with Gasteiger partial charge >= 0.3 is 0 Å². The molecule has 17 heavy (non-hydrogen) atoms. The van der Waals surface area contributed by atoms with Crippen molar-refractivity contribution < 1.29 is 0 Å². The third-order valence-corrected chi connectivity index (χ3v) is 3.89. The Balaban J connectivity index is 2.27. The summed E-state index contributed by atoms with van der Waals surface area (Å²) >= 11 is 1.80. The first-order chi connectivity index (χ1) is 8.20. The van der Waals surface area contributed by atoms with E-state index < -0.39 is 0 Å². The van der Waals surface area contributed by atoms with Crippen LogP contribution in [0, 0.1) is 13.8 Å². The van der Waals surface area contributed by atoms with Gasteiger partial charge < -0.3 is 5.32 Å². The molecule has 1 heterocycles. The predicted molar refractivity (Wildman–Crippen MR) is 74.7 cm³/mol. The number of nitrogens with one attached hydrogen (secondary N) is 1. The van der Waals surface area contributed by atoms with E-state index in [1.54, 1.807) is 11.3 Å². The van der Waals surface area contributed by atoms with Gasteiger partial charge in [-0.25, -0.2) is 4.98 Å². The number of nitrogens with zero attached hydrogens (tertiary/aromatic N) is 1. The van der Waals surface area contributed by atoms with Crippen molar-refractivity contribution in [3.05, 3.63) is 40.4 Å². The van der Waals surface area contributed by atoms with Crippen LogP contribution in [0.3, 0.4) is 0 Å². The van der Waals surface area contributed by atoms with Gasteiger partial charge in [0, 0.05) is 16.6 Å². The Kier molecular flexibility index (Phi) is 3.92. The molecular weight excluding hydrogens is 228 g/mol. The van der Waals surface area contributed by atoms with Crippen LogP contribution in [0.4, 0.5) is 0 Å². The highest BCUT2D eigenvalue weighted by Gasteiger charge is 2.07. The van der Waals surface area contributed by atoms with Crippen LogP contribution in [0.2, 0.25) is 0 Å². The Morgan fingerprint density at radius 2 is 2.12 bits per heavy atom. The molecule has 0 saturated carbocycles. The second kappa shape index (κ2) is 5.43. The third kappa shape index (κ3) is 2.93. The predicted octanol–water partition coefficient (Wildman–Crippen LogP) is 3.19. The lowest BCUT2D eigenvalue weighted by molar-refractivity contribution is 0.798. The van der Waals surface area contributed by atoms with E-state index >= 15 is 0 Å². The maximum absolute atomic E-state index is 4.53. The van der Waals surface area contributed by atoms with Crippen LogP contribution in [0.25, 0.3) is 10.6 Å². The Morgan fingerprint density at radius 1 is 1.29 bits per heavy atom. The zero-order chi connectivity index (χ0) is 12.3. The molecule has 0 radical (unpaired) electrons. The number of benzene rings is 1. The standard InChI is InChI=1S/C14H18N2S/c1-10-4-5-11(2)13(8-10)14-16-9-12(17-14)6-7-15-3/h4-5,8-9,15H,6-7H2,1-3H3. The smallest absolute Gasteiger partial charge is 0.123 e. The normalized spacial score (nSPS) is 10.8. The maximum Gasteiger partial charge on any atom is 0.123 e. The Bertz CT molecular complexity index is 503. The van der Waals surface area contributed by atoms with Crippen molar-refractivity contribution in [1.82, 2.24) is 10.3 Å². The summed E-state index contributed by atoms with van der Waals surface area (Å²) in [6, 6.07) is 6.53. The van der Waals surface area contributed by atoms with E-state index in [2.05, 4.69) is 42.3 Å². The molecule has 0 fully saturated rings. The summed E-state index contributed by atoms with van der Waals surface area (Å²) in [5.41, 5.74) is 3.85. The highest BCUT2D eigenvalue weighted by Crippen LogP contribution is 2.28. The van der Waals surface area contributed by atoms with Gasteiger partial charge in [0.2, 0.25) is 0 Å². The number of aromatic nitrogens is 1. The molecule has 0 unspecified atom stereocenters. The van der Waals surface area contributed by atoms with Crippen LogP contribution in [-0.4, -0.2) is 18.6 Å². The maximum atomic E-state index is 4.53. The van der Waals surface area contributed by atoms with E-state index in [1.165, 1.54) is 21.6 Å². The minimum absolute atomic E-state index is 1.01. The molecule has 1 N–H and O–H groups in total. The van der Waals surface area contributed by atoms with Gasteiger partial charge in [0.1, 0.15) is 5.01 Å². The molecule has 1 aromatic heterocycles. The van der Waals surface area contributed by atoms with E-state index in [4.69, 9.17) is 0 Å². The number of hydrogen-bond acceptors (Lipinski definition) is 3. The summed E-state index contributed by atoms with van der Waals surface area (Å²) in [5, 5.41) is 4.30. The monoisotopic (exact) mass is 246 g/mol. The van der Waals surface area contributed by atoms with Crippen LogP contribution >= 0.6 is 11.3 Å². The number of rotatable bonds is 4. The highest BCUT2D eigenvalue weighted by molar-refractivity contribution is 7.15. The topological polar surface area (TPSA) is 24.9 Å². The van der Waals surface area contributed by atoms with Crippen LogP contribution < -0.4 is 5.32 Å². The number of hydrogen-bond donors (Lipinski definition) is 1. The molecule has 90 valence electrons. The summed E-state index contributed by atoms with van der Waals surface area (Å²) in [7, 11) is 1.98. The van der Waals surface area contributed by atoms with E-state index in [0.717, 1.165) is 18.0 Å². The molecule has 3 heteroatoms. The molecule has 2 aromatic rings. The van der Waals surface area contributed by atoms with Crippen LogP contribution in [0.1, 0.15) is 16.0 Å². The first-order valence-electron chi connectivity index (χ1n) is 5.87. The lowest BCUT2D eigenvalue weighted by Crippen LogP contribution is -2.09. The van der Waals surface area contributed by atoms with Gasteiger partial charge in [0.25, 0.3) is 0 Å². The molecule has 0 bridgehead atoms. The van der Waals surface area contributed by atoms with E-state index in [-0.39, 0.29) is 0 Å².